The number of carbonyl (C=O) groups is 2. The van der Waals surface area contributed by atoms with E-state index < -0.39 is 40.6 Å². The second-order valence-electron chi connectivity index (χ2n) is 6.84. The van der Waals surface area contributed by atoms with Crippen LogP contribution in [0.15, 0.2) is 12.1 Å². The Bertz CT molecular complexity index is 674. The van der Waals surface area contributed by atoms with Crippen LogP contribution < -0.4 is 0 Å². The Kier molecular flexibility index (Phi) is 5.59. The van der Waals surface area contributed by atoms with Crippen molar-refractivity contribution < 1.29 is 27.5 Å². The van der Waals surface area contributed by atoms with Crippen LogP contribution >= 0.6 is 0 Å². The Morgan fingerprint density at radius 2 is 1.56 bits per heavy atom. The molecule has 2 amide bonds. The van der Waals surface area contributed by atoms with Crippen LogP contribution in [0.1, 0.15) is 37.6 Å². The van der Waals surface area contributed by atoms with E-state index in [4.69, 9.17) is 4.74 Å². The lowest BCUT2D eigenvalue weighted by Crippen LogP contribution is -2.40. The molecule has 8 heteroatoms. The molecular formula is C17H21F3N2O3. The molecule has 5 nitrogen and oxygen atoms in total. The molecule has 1 saturated heterocycles. The largest absolute Gasteiger partial charge is 0.444 e. The minimum absolute atomic E-state index is 0.149. The van der Waals surface area contributed by atoms with Crippen LogP contribution in [0.5, 0.6) is 0 Å². The minimum atomic E-state index is -1.67. The molecule has 1 aliphatic heterocycles. The molecule has 0 aliphatic carbocycles. The Labute approximate surface area is 144 Å². The predicted octanol–water partition coefficient (Wildman–Crippen LogP) is 3.19. The van der Waals surface area contributed by atoms with Crippen LogP contribution in [0.2, 0.25) is 0 Å². The zero-order valence-corrected chi connectivity index (χ0v) is 14.4. The molecule has 0 radical (unpaired) electrons. The Hall–Kier alpha value is -2.25. The SMILES string of the molecule is CC(C)(C)OC(=O)N1CCCN(C(=O)c2ccc(F)c(F)c2F)CC1. The molecule has 25 heavy (non-hydrogen) atoms. The summed E-state index contributed by atoms with van der Waals surface area (Å²) in [6.45, 7) is 6.29. The van der Waals surface area contributed by atoms with Crippen molar-refractivity contribution in [2.24, 2.45) is 0 Å². The maximum Gasteiger partial charge on any atom is 0.410 e. The van der Waals surface area contributed by atoms with Gasteiger partial charge in [-0.3, -0.25) is 4.79 Å². The van der Waals surface area contributed by atoms with Gasteiger partial charge in [0.25, 0.3) is 5.91 Å². The molecule has 2 rings (SSSR count). The van der Waals surface area contributed by atoms with Gasteiger partial charge in [-0.1, -0.05) is 0 Å². The van der Waals surface area contributed by atoms with Crippen LogP contribution in [0.3, 0.4) is 0 Å². The highest BCUT2D eigenvalue weighted by Gasteiger charge is 2.28. The van der Waals surface area contributed by atoms with Crippen LogP contribution in [0.4, 0.5) is 18.0 Å². The summed E-state index contributed by atoms with van der Waals surface area (Å²) < 4.78 is 45.4. The maximum absolute atomic E-state index is 13.8. The van der Waals surface area contributed by atoms with Gasteiger partial charge in [0.2, 0.25) is 0 Å². The fourth-order valence-corrected chi connectivity index (χ4v) is 2.49. The Morgan fingerprint density at radius 1 is 0.960 bits per heavy atom. The summed E-state index contributed by atoms with van der Waals surface area (Å²) in [6, 6.07) is 1.64. The number of hydrogen-bond donors (Lipinski definition) is 0. The number of amides is 2. The highest BCUT2D eigenvalue weighted by atomic mass is 19.2. The number of rotatable bonds is 1. The zero-order chi connectivity index (χ0) is 18.8. The summed E-state index contributed by atoms with van der Waals surface area (Å²) in [7, 11) is 0. The van der Waals surface area contributed by atoms with Crippen molar-refractivity contribution >= 4 is 12.0 Å². The van der Waals surface area contributed by atoms with E-state index in [2.05, 4.69) is 0 Å². The third kappa shape index (κ3) is 4.64. The molecule has 0 saturated carbocycles. The topological polar surface area (TPSA) is 49.9 Å². The van der Waals surface area contributed by atoms with E-state index in [1.807, 2.05) is 0 Å². The van der Waals surface area contributed by atoms with Crippen molar-refractivity contribution in [3.8, 4) is 0 Å². The van der Waals surface area contributed by atoms with Crippen molar-refractivity contribution in [2.75, 3.05) is 26.2 Å². The van der Waals surface area contributed by atoms with Gasteiger partial charge in [0.1, 0.15) is 5.60 Å². The van der Waals surface area contributed by atoms with Gasteiger partial charge in [0, 0.05) is 26.2 Å². The summed E-state index contributed by atoms with van der Waals surface area (Å²) in [5, 5.41) is 0. The van der Waals surface area contributed by atoms with E-state index in [0.29, 0.717) is 13.0 Å². The first-order valence-corrected chi connectivity index (χ1v) is 8.01. The molecule has 1 aliphatic rings. The van der Waals surface area contributed by atoms with Gasteiger partial charge in [-0.05, 0) is 39.3 Å². The van der Waals surface area contributed by atoms with E-state index >= 15 is 0 Å². The molecule has 1 heterocycles. The number of hydrogen-bond acceptors (Lipinski definition) is 3. The molecule has 1 fully saturated rings. The average Bonchev–Trinajstić information content (AvgIpc) is 2.76. The summed E-state index contributed by atoms with van der Waals surface area (Å²) in [6.07, 6.45) is -0.0168. The first-order valence-electron chi connectivity index (χ1n) is 8.01. The number of nitrogens with zero attached hydrogens (tertiary/aromatic N) is 2. The highest BCUT2D eigenvalue weighted by molar-refractivity contribution is 5.94. The van der Waals surface area contributed by atoms with E-state index in [1.165, 1.54) is 9.80 Å². The minimum Gasteiger partial charge on any atom is -0.444 e. The van der Waals surface area contributed by atoms with Crippen molar-refractivity contribution in [1.82, 2.24) is 9.80 Å². The quantitative estimate of drug-likeness (QED) is 0.725. The second-order valence-corrected chi connectivity index (χ2v) is 6.84. The predicted molar refractivity (Wildman–Crippen MR) is 84.6 cm³/mol. The summed E-state index contributed by atoms with van der Waals surface area (Å²) >= 11 is 0. The van der Waals surface area contributed by atoms with E-state index in [0.717, 1.165) is 12.1 Å². The molecule has 138 valence electrons. The fourth-order valence-electron chi connectivity index (χ4n) is 2.49. The second kappa shape index (κ2) is 7.33. The third-order valence-electron chi connectivity index (χ3n) is 3.70. The van der Waals surface area contributed by atoms with Crippen molar-refractivity contribution in [1.29, 1.82) is 0 Å². The number of carbonyl (C=O) groups excluding carboxylic acids is 2. The van der Waals surface area contributed by atoms with Gasteiger partial charge < -0.3 is 14.5 Å². The van der Waals surface area contributed by atoms with Gasteiger partial charge in [0.15, 0.2) is 17.5 Å². The monoisotopic (exact) mass is 358 g/mol. The first-order chi connectivity index (χ1) is 11.6. The number of benzene rings is 1. The molecule has 1 aromatic rings. The standard InChI is InChI=1S/C17H21F3N2O3/c1-17(2,3)25-16(24)22-8-4-7-21(9-10-22)15(23)11-5-6-12(18)14(20)13(11)19/h5-6H,4,7-10H2,1-3H3. The average molecular weight is 358 g/mol. The summed E-state index contributed by atoms with van der Waals surface area (Å²) in [5.41, 5.74) is -1.15. The van der Waals surface area contributed by atoms with Gasteiger partial charge in [0.05, 0.1) is 5.56 Å². The van der Waals surface area contributed by atoms with Gasteiger partial charge in [-0.25, -0.2) is 18.0 Å². The zero-order valence-electron chi connectivity index (χ0n) is 14.4. The number of ether oxygens (including phenoxy) is 1. The van der Waals surface area contributed by atoms with E-state index in [9.17, 15) is 22.8 Å². The lowest BCUT2D eigenvalue weighted by Gasteiger charge is -2.26. The smallest absolute Gasteiger partial charge is 0.410 e. The Balaban J connectivity index is 2.07. The summed E-state index contributed by atoms with van der Waals surface area (Å²) in [4.78, 5) is 27.3. The Morgan fingerprint density at radius 3 is 2.20 bits per heavy atom. The first kappa shape index (κ1) is 19.1. The van der Waals surface area contributed by atoms with Gasteiger partial charge in [-0.15, -0.1) is 0 Å². The highest BCUT2D eigenvalue weighted by Crippen LogP contribution is 2.18. The van der Waals surface area contributed by atoms with E-state index in [1.54, 1.807) is 20.8 Å². The normalized spacial score (nSPS) is 15.8. The van der Waals surface area contributed by atoms with E-state index in [-0.39, 0.29) is 19.6 Å². The van der Waals surface area contributed by atoms with Crippen LogP contribution in [0, 0.1) is 17.5 Å². The van der Waals surface area contributed by atoms with Crippen LogP contribution in [-0.4, -0.2) is 53.6 Å². The number of halogens is 3. The van der Waals surface area contributed by atoms with Crippen molar-refractivity contribution in [3.63, 3.8) is 0 Å². The van der Waals surface area contributed by atoms with Crippen LogP contribution in [-0.2, 0) is 4.74 Å². The molecule has 0 N–H and O–H groups in total. The lowest BCUT2D eigenvalue weighted by atomic mass is 10.1. The molecule has 0 atom stereocenters. The fraction of sp³-hybridized carbons (Fsp3) is 0.529. The molecule has 1 aromatic carbocycles. The van der Waals surface area contributed by atoms with Crippen molar-refractivity contribution in [3.05, 3.63) is 35.1 Å². The lowest BCUT2D eigenvalue weighted by molar-refractivity contribution is 0.0255. The maximum atomic E-state index is 13.8. The molecule has 0 bridgehead atoms. The molecule has 0 aromatic heterocycles. The molecule has 0 spiro atoms. The van der Waals surface area contributed by atoms with Gasteiger partial charge >= 0.3 is 6.09 Å². The van der Waals surface area contributed by atoms with Gasteiger partial charge in [-0.2, -0.15) is 0 Å². The van der Waals surface area contributed by atoms with Crippen molar-refractivity contribution in [2.45, 2.75) is 32.8 Å². The summed E-state index contributed by atoms with van der Waals surface area (Å²) in [5.74, 6) is -5.25. The molecular weight excluding hydrogens is 337 g/mol. The third-order valence-corrected chi connectivity index (χ3v) is 3.70. The molecule has 0 unspecified atom stereocenters. The van der Waals surface area contributed by atoms with Crippen LogP contribution in [0.25, 0.3) is 0 Å².